The van der Waals surface area contributed by atoms with Crippen molar-refractivity contribution in [3.8, 4) is 0 Å². The lowest BCUT2D eigenvalue weighted by Gasteiger charge is -2.37. The van der Waals surface area contributed by atoms with Gasteiger partial charge in [0.1, 0.15) is 0 Å². The second kappa shape index (κ2) is 4.69. The molecule has 0 aromatic carbocycles. The van der Waals surface area contributed by atoms with Crippen molar-refractivity contribution < 1.29 is 9.90 Å². The molecule has 2 rings (SSSR count). The van der Waals surface area contributed by atoms with Crippen molar-refractivity contribution >= 4 is 22.4 Å². The van der Waals surface area contributed by atoms with E-state index in [9.17, 15) is 4.79 Å². The molecule has 82 valence electrons. The maximum Gasteiger partial charge on any atom is 0.240 e. The Kier molecular flexibility index (Phi) is 3.30. The number of aliphatic hydroxyl groups excluding tert-OH is 1. The van der Waals surface area contributed by atoms with Crippen molar-refractivity contribution in [3.05, 3.63) is 11.6 Å². The first-order valence-corrected chi connectivity index (χ1v) is 5.68. The van der Waals surface area contributed by atoms with Crippen molar-refractivity contribution in [3.63, 3.8) is 0 Å². The predicted octanol–water partition coefficient (Wildman–Crippen LogP) is 0.00570. The van der Waals surface area contributed by atoms with Gasteiger partial charge >= 0.3 is 0 Å². The minimum absolute atomic E-state index is 0.0404. The van der Waals surface area contributed by atoms with Crippen LogP contribution in [0.2, 0.25) is 0 Å². The van der Waals surface area contributed by atoms with Crippen molar-refractivity contribution in [2.24, 2.45) is 5.92 Å². The average molecular weight is 227 g/mol. The zero-order valence-electron chi connectivity index (χ0n) is 8.22. The number of nitrogens with one attached hydrogen (secondary N) is 1. The molecule has 2 heterocycles. The summed E-state index contributed by atoms with van der Waals surface area (Å²) >= 11 is 1.41. The van der Waals surface area contributed by atoms with Crippen LogP contribution >= 0.6 is 11.3 Å². The van der Waals surface area contributed by atoms with E-state index in [2.05, 4.69) is 10.3 Å². The monoisotopic (exact) mass is 227 g/mol. The number of hydrogen-bond donors (Lipinski definition) is 2. The summed E-state index contributed by atoms with van der Waals surface area (Å²) in [4.78, 5) is 17.4. The molecule has 0 unspecified atom stereocenters. The van der Waals surface area contributed by atoms with Crippen LogP contribution in [0.15, 0.2) is 11.6 Å². The summed E-state index contributed by atoms with van der Waals surface area (Å²) in [7, 11) is 0. The molecule has 0 bridgehead atoms. The molecule has 0 atom stereocenters. The highest BCUT2D eigenvalue weighted by Gasteiger charge is 2.27. The fourth-order valence-electron chi connectivity index (χ4n) is 1.57. The fraction of sp³-hybridized carbons (Fsp3) is 0.556. The first kappa shape index (κ1) is 10.5. The fourth-order valence-corrected chi connectivity index (χ4v) is 2.11. The van der Waals surface area contributed by atoms with E-state index >= 15 is 0 Å². The van der Waals surface area contributed by atoms with Gasteiger partial charge < -0.3 is 10.4 Å². The molecule has 0 radical (unpaired) electrons. The Morgan fingerprint density at radius 3 is 3.13 bits per heavy atom. The summed E-state index contributed by atoms with van der Waals surface area (Å²) < 4.78 is 0. The van der Waals surface area contributed by atoms with Crippen LogP contribution in [0.3, 0.4) is 0 Å². The normalized spacial score (nSPS) is 17.4. The van der Waals surface area contributed by atoms with Gasteiger partial charge in [-0.3, -0.25) is 9.69 Å². The average Bonchev–Trinajstić information content (AvgIpc) is 2.63. The molecular formula is C9H13N3O2S. The third-order valence-electron chi connectivity index (χ3n) is 2.34. The van der Waals surface area contributed by atoms with Crippen molar-refractivity contribution in [2.45, 2.75) is 0 Å². The van der Waals surface area contributed by atoms with Crippen molar-refractivity contribution in [2.75, 3.05) is 31.6 Å². The van der Waals surface area contributed by atoms with Crippen LogP contribution in [0, 0.1) is 5.92 Å². The molecular weight excluding hydrogens is 214 g/mol. The lowest BCUT2D eigenvalue weighted by molar-refractivity contribution is -0.119. The number of aliphatic hydroxyl groups is 1. The zero-order valence-corrected chi connectivity index (χ0v) is 9.04. The number of thiazole rings is 1. The lowest BCUT2D eigenvalue weighted by atomic mass is 10.0. The molecule has 1 amide bonds. The summed E-state index contributed by atoms with van der Waals surface area (Å²) in [5.41, 5.74) is 0. The molecule has 0 aliphatic carbocycles. The zero-order chi connectivity index (χ0) is 10.7. The van der Waals surface area contributed by atoms with E-state index in [0.29, 0.717) is 17.6 Å². The van der Waals surface area contributed by atoms with Crippen LogP contribution in [0.5, 0.6) is 0 Å². The molecule has 2 N–H and O–H groups in total. The summed E-state index contributed by atoms with van der Waals surface area (Å²) in [6.45, 7) is 2.21. The Morgan fingerprint density at radius 2 is 2.53 bits per heavy atom. The highest BCUT2D eigenvalue weighted by molar-refractivity contribution is 7.13. The van der Waals surface area contributed by atoms with Crippen LogP contribution in [0.25, 0.3) is 0 Å². The molecule has 0 saturated carbocycles. The summed E-state index contributed by atoms with van der Waals surface area (Å²) in [6.07, 6.45) is 1.66. The number of aromatic nitrogens is 1. The van der Waals surface area contributed by atoms with E-state index in [1.54, 1.807) is 6.20 Å². The van der Waals surface area contributed by atoms with Gasteiger partial charge in [-0.25, -0.2) is 4.98 Å². The van der Waals surface area contributed by atoms with Crippen LogP contribution in [-0.4, -0.2) is 47.1 Å². The number of hydrogen-bond acceptors (Lipinski definition) is 5. The molecule has 1 aromatic rings. The number of amides is 1. The van der Waals surface area contributed by atoms with Gasteiger partial charge in [-0.1, -0.05) is 0 Å². The van der Waals surface area contributed by atoms with Gasteiger partial charge in [-0.05, 0) is 0 Å². The Bertz CT molecular complexity index is 322. The first-order chi connectivity index (χ1) is 7.28. The van der Waals surface area contributed by atoms with Gasteiger partial charge in [-0.2, -0.15) is 0 Å². The predicted molar refractivity (Wildman–Crippen MR) is 57.8 cm³/mol. The lowest BCUT2D eigenvalue weighted by Crippen LogP contribution is -2.51. The Morgan fingerprint density at radius 1 is 1.73 bits per heavy atom. The number of carbonyl (C=O) groups is 1. The van der Waals surface area contributed by atoms with Crippen molar-refractivity contribution in [1.82, 2.24) is 9.88 Å². The van der Waals surface area contributed by atoms with E-state index in [1.807, 2.05) is 10.3 Å². The third kappa shape index (κ3) is 2.74. The topological polar surface area (TPSA) is 65.5 Å². The van der Waals surface area contributed by atoms with Gasteiger partial charge in [0.05, 0.1) is 6.54 Å². The van der Waals surface area contributed by atoms with Gasteiger partial charge in [0.25, 0.3) is 0 Å². The van der Waals surface area contributed by atoms with Crippen LogP contribution < -0.4 is 5.32 Å². The molecule has 5 nitrogen and oxygen atoms in total. The second-order valence-electron chi connectivity index (χ2n) is 3.63. The van der Waals surface area contributed by atoms with Gasteiger partial charge in [-0.15, -0.1) is 11.3 Å². The number of carbonyl (C=O) groups excluding carboxylic acids is 1. The van der Waals surface area contributed by atoms with E-state index in [-0.39, 0.29) is 12.5 Å². The van der Waals surface area contributed by atoms with Crippen LogP contribution in [0.4, 0.5) is 5.13 Å². The maximum absolute atomic E-state index is 11.5. The molecule has 1 aliphatic rings. The molecule has 0 spiro atoms. The number of likely N-dealkylation sites (tertiary alicyclic amines) is 1. The van der Waals surface area contributed by atoms with Crippen molar-refractivity contribution in [1.29, 1.82) is 0 Å². The van der Waals surface area contributed by atoms with E-state index in [0.717, 1.165) is 13.1 Å². The SMILES string of the molecule is O=C(CN1CC(CO)C1)Nc1nccs1. The van der Waals surface area contributed by atoms with Crippen LogP contribution in [-0.2, 0) is 4.79 Å². The molecule has 1 aromatic heterocycles. The first-order valence-electron chi connectivity index (χ1n) is 4.80. The quantitative estimate of drug-likeness (QED) is 0.760. The minimum Gasteiger partial charge on any atom is -0.396 e. The Hall–Kier alpha value is -0.980. The second-order valence-corrected chi connectivity index (χ2v) is 4.52. The van der Waals surface area contributed by atoms with Gasteiger partial charge in [0.15, 0.2) is 5.13 Å². The maximum atomic E-state index is 11.5. The molecule has 1 fully saturated rings. The molecule has 15 heavy (non-hydrogen) atoms. The van der Waals surface area contributed by atoms with Gasteiger partial charge in [0.2, 0.25) is 5.91 Å². The molecule has 1 aliphatic heterocycles. The number of anilines is 1. The van der Waals surface area contributed by atoms with Crippen LogP contribution in [0.1, 0.15) is 0 Å². The number of nitrogens with zero attached hydrogens (tertiary/aromatic N) is 2. The van der Waals surface area contributed by atoms with E-state index in [4.69, 9.17) is 5.11 Å². The minimum atomic E-state index is -0.0404. The summed E-state index contributed by atoms with van der Waals surface area (Å²) in [6, 6.07) is 0. The highest BCUT2D eigenvalue weighted by Crippen LogP contribution is 2.15. The Labute approximate surface area is 91.7 Å². The largest absolute Gasteiger partial charge is 0.396 e. The van der Waals surface area contributed by atoms with Gasteiger partial charge in [0, 0.05) is 37.2 Å². The standard InChI is InChI=1S/C9H13N3O2S/c13-6-7-3-12(4-7)5-8(14)11-9-10-1-2-15-9/h1-2,7,13H,3-6H2,(H,10,11,14). The van der Waals surface area contributed by atoms with E-state index < -0.39 is 0 Å². The smallest absolute Gasteiger partial charge is 0.240 e. The Balaban J connectivity index is 1.70. The molecule has 1 saturated heterocycles. The van der Waals surface area contributed by atoms with E-state index in [1.165, 1.54) is 11.3 Å². The highest BCUT2D eigenvalue weighted by atomic mass is 32.1. The number of rotatable bonds is 4. The molecule has 6 heteroatoms. The summed E-state index contributed by atoms with van der Waals surface area (Å²) in [5, 5.41) is 14.0. The third-order valence-corrected chi connectivity index (χ3v) is 3.03. The summed E-state index contributed by atoms with van der Waals surface area (Å²) in [5.74, 6) is 0.305.